The molecule has 2 aliphatic heterocycles. The summed E-state index contributed by atoms with van der Waals surface area (Å²) in [6.45, 7) is 5.56. The van der Waals surface area contributed by atoms with E-state index in [2.05, 4.69) is 12.2 Å². The molecule has 2 saturated heterocycles. The van der Waals surface area contributed by atoms with E-state index >= 15 is 0 Å². The molecule has 0 aromatic rings. The maximum atomic E-state index is 12.3. The summed E-state index contributed by atoms with van der Waals surface area (Å²) in [7, 11) is 0. The van der Waals surface area contributed by atoms with Gasteiger partial charge in [-0.3, -0.25) is 10.1 Å². The number of carbonyl (C=O) groups is 1. The summed E-state index contributed by atoms with van der Waals surface area (Å²) in [5, 5.41) is 3.24. The van der Waals surface area contributed by atoms with Crippen LogP contribution in [0.3, 0.4) is 0 Å². The molecule has 0 aromatic heterocycles. The molecule has 0 aromatic carbocycles. The summed E-state index contributed by atoms with van der Waals surface area (Å²) in [5.41, 5.74) is 0. The topological polar surface area (TPSA) is 41.6 Å². The highest BCUT2D eigenvalue weighted by atomic mass is 32.2. The SMILES string of the molecule is CCC1COC(C)CN1C(=O)C1CSCN1. The molecule has 0 spiro atoms. The Balaban J connectivity index is 2.00. The fourth-order valence-electron chi connectivity index (χ4n) is 2.21. The second-order valence-electron chi connectivity index (χ2n) is 4.47. The Morgan fingerprint density at radius 3 is 3.06 bits per heavy atom. The molecule has 2 rings (SSSR count). The molecule has 1 amide bonds. The van der Waals surface area contributed by atoms with Crippen LogP contribution in [0.15, 0.2) is 0 Å². The van der Waals surface area contributed by atoms with Gasteiger partial charge < -0.3 is 9.64 Å². The monoisotopic (exact) mass is 244 g/mol. The zero-order valence-electron chi connectivity index (χ0n) is 9.94. The molecule has 0 saturated carbocycles. The van der Waals surface area contributed by atoms with E-state index < -0.39 is 0 Å². The maximum Gasteiger partial charge on any atom is 0.241 e. The van der Waals surface area contributed by atoms with Gasteiger partial charge in [-0.25, -0.2) is 0 Å². The second kappa shape index (κ2) is 5.38. The highest BCUT2D eigenvalue weighted by Crippen LogP contribution is 2.19. The first-order chi connectivity index (χ1) is 7.72. The zero-order chi connectivity index (χ0) is 11.5. The van der Waals surface area contributed by atoms with Crippen molar-refractivity contribution in [3.63, 3.8) is 0 Å². The van der Waals surface area contributed by atoms with Crippen LogP contribution in [0.5, 0.6) is 0 Å². The lowest BCUT2D eigenvalue weighted by molar-refractivity contribution is -0.145. The summed E-state index contributed by atoms with van der Waals surface area (Å²) in [4.78, 5) is 14.3. The third-order valence-electron chi connectivity index (χ3n) is 3.24. The van der Waals surface area contributed by atoms with Gasteiger partial charge in [0.25, 0.3) is 0 Å². The van der Waals surface area contributed by atoms with Gasteiger partial charge in [0.2, 0.25) is 5.91 Å². The van der Waals surface area contributed by atoms with Crippen molar-refractivity contribution in [2.45, 2.75) is 38.5 Å². The van der Waals surface area contributed by atoms with Crippen molar-refractivity contribution < 1.29 is 9.53 Å². The van der Waals surface area contributed by atoms with Crippen LogP contribution in [-0.4, -0.2) is 53.8 Å². The Kier molecular flexibility index (Phi) is 4.10. The summed E-state index contributed by atoms with van der Waals surface area (Å²) in [5.74, 6) is 2.06. The van der Waals surface area contributed by atoms with Gasteiger partial charge in [0.05, 0.1) is 24.8 Å². The fraction of sp³-hybridized carbons (Fsp3) is 0.909. The first kappa shape index (κ1) is 12.2. The molecular formula is C11H20N2O2S. The van der Waals surface area contributed by atoms with Gasteiger partial charge in [0.1, 0.15) is 0 Å². The molecule has 1 N–H and O–H groups in total. The average molecular weight is 244 g/mol. The molecule has 16 heavy (non-hydrogen) atoms. The lowest BCUT2D eigenvalue weighted by Gasteiger charge is -2.39. The maximum absolute atomic E-state index is 12.3. The Morgan fingerprint density at radius 1 is 1.62 bits per heavy atom. The minimum atomic E-state index is 0.0179. The van der Waals surface area contributed by atoms with E-state index in [4.69, 9.17) is 4.74 Å². The van der Waals surface area contributed by atoms with Crippen molar-refractivity contribution in [3.8, 4) is 0 Å². The van der Waals surface area contributed by atoms with Crippen molar-refractivity contribution in [1.82, 2.24) is 10.2 Å². The average Bonchev–Trinajstić information content (AvgIpc) is 2.81. The summed E-state index contributed by atoms with van der Waals surface area (Å²) < 4.78 is 5.60. The molecular weight excluding hydrogens is 224 g/mol. The van der Waals surface area contributed by atoms with Crippen LogP contribution >= 0.6 is 11.8 Å². The van der Waals surface area contributed by atoms with Crippen LogP contribution < -0.4 is 5.32 Å². The quantitative estimate of drug-likeness (QED) is 0.775. The first-order valence-corrected chi connectivity index (χ1v) is 7.11. The van der Waals surface area contributed by atoms with Gasteiger partial charge in [0.15, 0.2) is 0 Å². The first-order valence-electron chi connectivity index (χ1n) is 5.95. The van der Waals surface area contributed by atoms with Gasteiger partial charge in [-0.05, 0) is 13.3 Å². The molecule has 5 heteroatoms. The molecule has 92 valence electrons. The van der Waals surface area contributed by atoms with Crippen LogP contribution in [0.2, 0.25) is 0 Å². The number of rotatable bonds is 2. The largest absolute Gasteiger partial charge is 0.375 e. The molecule has 2 aliphatic rings. The normalized spacial score (nSPS) is 35.4. The number of thioether (sulfide) groups is 1. The number of morpholine rings is 1. The van der Waals surface area contributed by atoms with Gasteiger partial charge in [-0.1, -0.05) is 6.92 Å². The summed E-state index contributed by atoms with van der Waals surface area (Å²) in [6, 6.07) is 0.278. The van der Waals surface area contributed by atoms with Gasteiger partial charge >= 0.3 is 0 Å². The molecule has 2 heterocycles. The minimum absolute atomic E-state index is 0.0179. The van der Waals surface area contributed by atoms with Gasteiger partial charge in [0, 0.05) is 18.2 Å². The third-order valence-corrected chi connectivity index (χ3v) is 4.18. The highest BCUT2D eigenvalue weighted by Gasteiger charge is 2.34. The number of carbonyl (C=O) groups excluding carboxylic acids is 1. The van der Waals surface area contributed by atoms with Gasteiger partial charge in [-0.15, -0.1) is 11.8 Å². The van der Waals surface area contributed by atoms with E-state index in [9.17, 15) is 4.79 Å². The van der Waals surface area contributed by atoms with Crippen LogP contribution in [0.25, 0.3) is 0 Å². The Hall–Kier alpha value is -0.260. The van der Waals surface area contributed by atoms with Crippen molar-refractivity contribution in [3.05, 3.63) is 0 Å². The van der Waals surface area contributed by atoms with E-state index in [-0.39, 0.29) is 24.1 Å². The zero-order valence-corrected chi connectivity index (χ0v) is 10.8. The minimum Gasteiger partial charge on any atom is -0.375 e. The van der Waals surface area contributed by atoms with Crippen LogP contribution in [-0.2, 0) is 9.53 Å². The lowest BCUT2D eigenvalue weighted by Crippen LogP contribution is -2.56. The van der Waals surface area contributed by atoms with Crippen molar-refractivity contribution in [2.24, 2.45) is 0 Å². The molecule has 4 nitrogen and oxygen atoms in total. The predicted molar refractivity (Wildman–Crippen MR) is 65.5 cm³/mol. The molecule has 3 atom stereocenters. The van der Waals surface area contributed by atoms with Crippen molar-refractivity contribution >= 4 is 17.7 Å². The third kappa shape index (κ3) is 2.52. The Morgan fingerprint density at radius 2 is 2.44 bits per heavy atom. The van der Waals surface area contributed by atoms with E-state index in [1.165, 1.54) is 0 Å². The second-order valence-corrected chi connectivity index (χ2v) is 5.50. The van der Waals surface area contributed by atoms with E-state index in [1.807, 2.05) is 11.8 Å². The molecule has 2 fully saturated rings. The smallest absolute Gasteiger partial charge is 0.241 e. The highest BCUT2D eigenvalue weighted by molar-refractivity contribution is 7.99. The summed E-state index contributed by atoms with van der Waals surface area (Å²) >= 11 is 1.79. The number of hydrogen-bond acceptors (Lipinski definition) is 4. The van der Waals surface area contributed by atoms with E-state index in [0.717, 1.165) is 24.6 Å². The molecule has 0 radical (unpaired) electrons. The van der Waals surface area contributed by atoms with Crippen LogP contribution in [0, 0.1) is 0 Å². The fourth-order valence-corrected chi connectivity index (χ4v) is 3.14. The number of amides is 1. The molecule has 0 aliphatic carbocycles. The lowest BCUT2D eigenvalue weighted by atomic mass is 10.1. The molecule has 0 bridgehead atoms. The van der Waals surface area contributed by atoms with Crippen LogP contribution in [0.4, 0.5) is 0 Å². The van der Waals surface area contributed by atoms with Crippen LogP contribution in [0.1, 0.15) is 20.3 Å². The number of ether oxygens (including phenoxy) is 1. The number of hydrogen-bond donors (Lipinski definition) is 1. The van der Waals surface area contributed by atoms with Crippen molar-refractivity contribution in [2.75, 3.05) is 24.8 Å². The van der Waals surface area contributed by atoms with E-state index in [1.54, 1.807) is 11.8 Å². The predicted octanol–water partition coefficient (Wildman–Crippen LogP) is 0.675. The standard InChI is InChI=1S/C11H20N2O2S/c1-3-9-5-15-8(2)4-13(9)11(14)10-6-16-7-12-10/h8-10,12H,3-7H2,1-2H3. The summed E-state index contributed by atoms with van der Waals surface area (Å²) in [6.07, 6.45) is 1.14. The van der Waals surface area contributed by atoms with E-state index in [0.29, 0.717) is 6.61 Å². The van der Waals surface area contributed by atoms with Crippen molar-refractivity contribution in [1.29, 1.82) is 0 Å². The molecule has 3 unspecified atom stereocenters. The number of nitrogens with one attached hydrogen (secondary N) is 1. The Labute approximate surface area is 101 Å². The van der Waals surface area contributed by atoms with Gasteiger partial charge in [-0.2, -0.15) is 0 Å². The Bertz CT molecular complexity index is 256. The number of nitrogens with zero attached hydrogens (tertiary/aromatic N) is 1.